The topological polar surface area (TPSA) is 52.0 Å². The molecule has 1 aromatic rings. The molecule has 0 atom stereocenters. The fourth-order valence-electron chi connectivity index (χ4n) is 6.13. The fraction of sp³-hybridized carbons (Fsp3) is 0.812. The molecule has 1 heterocycles. The Morgan fingerprint density at radius 3 is 1.90 bits per heavy atom. The van der Waals surface area contributed by atoms with Crippen molar-refractivity contribution in [3.05, 3.63) is 17.0 Å². The summed E-state index contributed by atoms with van der Waals surface area (Å²) in [6.07, 6.45) is 9.19. The highest BCUT2D eigenvalue weighted by atomic mass is 32.2. The van der Waals surface area contributed by atoms with E-state index >= 15 is 0 Å². The number of rotatable bonds is 2. The van der Waals surface area contributed by atoms with Gasteiger partial charge in [0.15, 0.2) is 0 Å². The average Bonchev–Trinajstić information content (AvgIpc) is 2.63. The Morgan fingerprint density at radius 2 is 1.52 bits per heavy atom. The van der Waals surface area contributed by atoms with Crippen molar-refractivity contribution in [3.8, 4) is 0 Å². The van der Waals surface area contributed by atoms with Gasteiger partial charge in [0.25, 0.3) is 10.0 Å². The first-order valence-electron chi connectivity index (χ1n) is 8.06. The highest BCUT2D eigenvalue weighted by molar-refractivity contribution is 7.89. The molecule has 0 amide bonds. The van der Waals surface area contributed by atoms with Crippen molar-refractivity contribution in [2.45, 2.75) is 57.8 Å². The van der Waals surface area contributed by atoms with Gasteiger partial charge in [0.1, 0.15) is 0 Å². The molecule has 0 radical (unpaired) electrons. The van der Waals surface area contributed by atoms with E-state index in [0.29, 0.717) is 0 Å². The second-order valence-electron chi connectivity index (χ2n) is 7.85. The summed E-state index contributed by atoms with van der Waals surface area (Å²) >= 11 is 0. The molecule has 0 aliphatic heterocycles. The zero-order valence-corrected chi connectivity index (χ0v) is 13.9. The molecular weight excluding hydrogens is 284 g/mol. The SMILES string of the molecule is Cc1nn(S(C)(=O)=O)c(C)c1C12CC3CC(CC(C3)C1)C2. The van der Waals surface area contributed by atoms with Crippen molar-refractivity contribution >= 4 is 10.0 Å². The third-order valence-corrected chi connectivity index (χ3v) is 7.12. The highest BCUT2D eigenvalue weighted by Crippen LogP contribution is 2.61. The zero-order chi connectivity index (χ0) is 15.0. The first-order chi connectivity index (χ1) is 9.78. The Bertz CT molecular complexity index is 667. The lowest BCUT2D eigenvalue weighted by Crippen LogP contribution is -2.49. The molecule has 5 heteroatoms. The van der Waals surface area contributed by atoms with Gasteiger partial charge in [-0.3, -0.25) is 0 Å². The molecule has 0 aromatic carbocycles. The summed E-state index contributed by atoms with van der Waals surface area (Å²) in [7, 11) is -3.30. The van der Waals surface area contributed by atoms with Crippen molar-refractivity contribution in [1.82, 2.24) is 9.19 Å². The normalized spacial score (nSPS) is 38.1. The minimum atomic E-state index is -3.30. The summed E-state index contributed by atoms with van der Waals surface area (Å²) in [5, 5.41) is 4.37. The molecule has 116 valence electrons. The predicted octanol–water partition coefficient (Wildman–Crippen LogP) is 2.78. The van der Waals surface area contributed by atoms with E-state index in [4.69, 9.17) is 0 Å². The standard InChI is InChI=1S/C16H24N2O2S/c1-10-15(11(2)18(17-10)21(3,19)20)16-7-12-4-13(8-16)6-14(5-12)9-16/h12-14H,4-9H2,1-3H3. The molecular formula is C16H24N2O2S. The first kappa shape index (κ1) is 13.8. The van der Waals surface area contributed by atoms with Crippen LogP contribution in [-0.4, -0.2) is 23.9 Å². The van der Waals surface area contributed by atoms with Crippen molar-refractivity contribution in [2.24, 2.45) is 17.8 Å². The Balaban J connectivity index is 1.86. The predicted molar refractivity (Wildman–Crippen MR) is 81.8 cm³/mol. The van der Waals surface area contributed by atoms with Crippen LogP contribution in [0.15, 0.2) is 0 Å². The molecule has 0 spiro atoms. The van der Waals surface area contributed by atoms with E-state index in [1.54, 1.807) is 0 Å². The minimum absolute atomic E-state index is 0.214. The van der Waals surface area contributed by atoms with E-state index in [2.05, 4.69) is 5.10 Å². The molecule has 5 rings (SSSR count). The molecule has 0 unspecified atom stereocenters. The molecule has 4 aliphatic rings. The summed E-state index contributed by atoms with van der Waals surface area (Å²) in [6.45, 7) is 3.93. The maximum absolute atomic E-state index is 11.9. The van der Waals surface area contributed by atoms with Crippen LogP contribution in [0.2, 0.25) is 0 Å². The summed E-state index contributed by atoms with van der Waals surface area (Å²) in [5.41, 5.74) is 3.26. The molecule has 4 bridgehead atoms. The van der Waals surface area contributed by atoms with E-state index in [-0.39, 0.29) is 5.41 Å². The minimum Gasteiger partial charge on any atom is -0.205 e. The summed E-state index contributed by atoms with van der Waals surface area (Å²) in [6, 6.07) is 0. The van der Waals surface area contributed by atoms with Crippen LogP contribution in [0, 0.1) is 31.6 Å². The van der Waals surface area contributed by atoms with Gasteiger partial charge < -0.3 is 0 Å². The Kier molecular flexibility index (Phi) is 2.71. The van der Waals surface area contributed by atoms with Crippen molar-refractivity contribution in [3.63, 3.8) is 0 Å². The van der Waals surface area contributed by atoms with E-state index < -0.39 is 10.0 Å². The van der Waals surface area contributed by atoms with Crippen LogP contribution in [-0.2, 0) is 15.4 Å². The lowest BCUT2D eigenvalue weighted by molar-refractivity contribution is -0.00574. The van der Waals surface area contributed by atoms with E-state index in [1.807, 2.05) is 13.8 Å². The molecule has 4 nitrogen and oxygen atoms in total. The van der Waals surface area contributed by atoms with Gasteiger partial charge in [0, 0.05) is 5.56 Å². The van der Waals surface area contributed by atoms with Crippen LogP contribution >= 0.6 is 0 Å². The summed E-state index contributed by atoms with van der Waals surface area (Å²) in [4.78, 5) is 0. The van der Waals surface area contributed by atoms with Gasteiger partial charge in [-0.15, -0.1) is 0 Å². The average molecular weight is 308 g/mol. The van der Waals surface area contributed by atoms with Gasteiger partial charge >= 0.3 is 0 Å². The van der Waals surface area contributed by atoms with Crippen LogP contribution in [0.5, 0.6) is 0 Å². The van der Waals surface area contributed by atoms with Crippen molar-refractivity contribution in [2.75, 3.05) is 6.26 Å². The maximum Gasteiger partial charge on any atom is 0.251 e. The maximum atomic E-state index is 11.9. The summed E-state index contributed by atoms with van der Waals surface area (Å²) < 4.78 is 25.2. The molecule has 0 saturated heterocycles. The van der Waals surface area contributed by atoms with Crippen LogP contribution in [0.1, 0.15) is 55.5 Å². The highest BCUT2D eigenvalue weighted by Gasteiger charge is 2.53. The number of aryl methyl sites for hydroxylation is 1. The number of aromatic nitrogens is 2. The number of hydrogen-bond acceptors (Lipinski definition) is 3. The van der Waals surface area contributed by atoms with Crippen LogP contribution in [0.4, 0.5) is 0 Å². The van der Waals surface area contributed by atoms with E-state index in [1.165, 1.54) is 54.4 Å². The first-order valence-corrected chi connectivity index (χ1v) is 9.90. The molecule has 21 heavy (non-hydrogen) atoms. The molecule has 4 aliphatic carbocycles. The quantitative estimate of drug-likeness (QED) is 0.844. The monoisotopic (exact) mass is 308 g/mol. The van der Waals surface area contributed by atoms with E-state index in [9.17, 15) is 8.42 Å². The van der Waals surface area contributed by atoms with Crippen LogP contribution in [0.25, 0.3) is 0 Å². The lowest BCUT2D eigenvalue weighted by atomic mass is 9.48. The van der Waals surface area contributed by atoms with Crippen molar-refractivity contribution < 1.29 is 8.42 Å². The zero-order valence-electron chi connectivity index (χ0n) is 13.1. The molecule has 1 aromatic heterocycles. The van der Waals surface area contributed by atoms with E-state index in [0.717, 1.165) is 29.1 Å². The number of nitrogens with zero attached hydrogens (tertiary/aromatic N) is 2. The van der Waals surface area contributed by atoms with Gasteiger partial charge in [0.05, 0.1) is 17.6 Å². The van der Waals surface area contributed by atoms with Gasteiger partial charge in [-0.05, 0) is 75.5 Å². The van der Waals surface area contributed by atoms with Gasteiger partial charge in [-0.2, -0.15) is 9.19 Å². The largest absolute Gasteiger partial charge is 0.251 e. The second-order valence-corrected chi connectivity index (χ2v) is 9.66. The second kappa shape index (κ2) is 4.12. The molecule has 4 fully saturated rings. The Hall–Kier alpha value is -0.840. The Labute approximate surface area is 127 Å². The van der Waals surface area contributed by atoms with Crippen molar-refractivity contribution in [1.29, 1.82) is 0 Å². The summed E-state index contributed by atoms with van der Waals surface area (Å²) in [5.74, 6) is 2.57. The Morgan fingerprint density at radius 1 is 1.05 bits per heavy atom. The number of hydrogen-bond donors (Lipinski definition) is 0. The third kappa shape index (κ3) is 1.92. The fourth-order valence-corrected chi connectivity index (χ4v) is 6.99. The van der Waals surface area contributed by atoms with Gasteiger partial charge in [-0.25, -0.2) is 8.42 Å². The van der Waals surface area contributed by atoms with Gasteiger partial charge in [-0.1, -0.05) is 0 Å². The third-order valence-electron chi connectivity index (χ3n) is 6.13. The molecule has 0 N–H and O–H groups in total. The lowest BCUT2D eigenvalue weighted by Gasteiger charge is -2.57. The smallest absolute Gasteiger partial charge is 0.205 e. The molecule has 4 saturated carbocycles. The van der Waals surface area contributed by atoms with Gasteiger partial charge in [0.2, 0.25) is 0 Å². The van der Waals surface area contributed by atoms with Crippen LogP contribution < -0.4 is 0 Å². The van der Waals surface area contributed by atoms with Crippen LogP contribution in [0.3, 0.4) is 0 Å².